The first-order chi connectivity index (χ1) is 8.67. The minimum atomic E-state index is -0.234. The number of piperidine rings is 1. The van der Waals surface area contributed by atoms with Crippen LogP contribution in [0, 0.1) is 11.3 Å². The van der Waals surface area contributed by atoms with E-state index in [1.54, 1.807) is 4.68 Å². The number of aliphatic hydroxyl groups excluding tert-OH is 1. The lowest BCUT2D eigenvalue weighted by atomic mass is 10.1. The Bertz CT molecular complexity index is 454. The molecule has 0 radical (unpaired) electrons. The molecule has 1 aromatic rings. The van der Waals surface area contributed by atoms with Crippen LogP contribution in [0.1, 0.15) is 31.7 Å². The van der Waals surface area contributed by atoms with E-state index in [2.05, 4.69) is 11.2 Å². The van der Waals surface area contributed by atoms with Crippen molar-refractivity contribution in [3.8, 4) is 6.07 Å². The number of nitrogens with zero attached hydrogens (tertiary/aromatic N) is 4. The van der Waals surface area contributed by atoms with Crippen LogP contribution in [0.4, 0.5) is 11.6 Å². The number of nitrogen functional groups attached to an aromatic ring is 1. The molecule has 1 aliphatic heterocycles. The molecular formula is C12H19N5O. The highest BCUT2D eigenvalue weighted by Gasteiger charge is 2.24. The van der Waals surface area contributed by atoms with Crippen LogP contribution in [0.2, 0.25) is 0 Å². The minimum absolute atomic E-state index is 0.234. The predicted molar refractivity (Wildman–Crippen MR) is 69.1 cm³/mol. The number of hydrogen-bond acceptors (Lipinski definition) is 5. The summed E-state index contributed by atoms with van der Waals surface area (Å²) < 4.78 is 1.69. The molecule has 6 nitrogen and oxygen atoms in total. The van der Waals surface area contributed by atoms with Crippen molar-refractivity contribution in [2.45, 2.75) is 38.8 Å². The summed E-state index contributed by atoms with van der Waals surface area (Å²) in [6.07, 6.45) is 2.12. The van der Waals surface area contributed by atoms with Crippen LogP contribution in [0.3, 0.4) is 0 Å². The topological polar surface area (TPSA) is 91.1 Å². The van der Waals surface area contributed by atoms with Crippen LogP contribution in [-0.4, -0.2) is 34.1 Å². The fourth-order valence-electron chi connectivity index (χ4n) is 2.25. The van der Waals surface area contributed by atoms with E-state index in [1.165, 1.54) is 0 Å². The van der Waals surface area contributed by atoms with Crippen LogP contribution < -0.4 is 10.6 Å². The van der Waals surface area contributed by atoms with Gasteiger partial charge in [-0.3, -0.25) is 0 Å². The third kappa shape index (κ3) is 2.27. The molecule has 2 heterocycles. The number of aromatic nitrogens is 2. The van der Waals surface area contributed by atoms with Gasteiger partial charge in [0, 0.05) is 19.6 Å². The van der Waals surface area contributed by atoms with Gasteiger partial charge in [0.05, 0.1) is 6.10 Å². The molecule has 1 saturated heterocycles. The first kappa shape index (κ1) is 12.7. The molecule has 0 amide bonds. The summed E-state index contributed by atoms with van der Waals surface area (Å²) >= 11 is 0. The summed E-state index contributed by atoms with van der Waals surface area (Å²) in [6.45, 7) is 4.21. The second-order valence-electron chi connectivity index (χ2n) is 4.64. The zero-order valence-corrected chi connectivity index (χ0v) is 10.6. The standard InChI is InChI=1S/C12H19N5O/c1-2-5-17-11(14)10(8-13)12(15-17)16-6-3-9(18)4-7-16/h9,18H,2-7,14H2,1H3. The van der Waals surface area contributed by atoms with Crippen molar-refractivity contribution in [3.05, 3.63) is 5.56 Å². The first-order valence-electron chi connectivity index (χ1n) is 6.36. The molecule has 0 aromatic carbocycles. The molecule has 0 bridgehead atoms. The Morgan fingerprint density at radius 2 is 2.17 bits per heavy atom. The summed E-state index contributed by atoms with van der Waals surface area (Å²) in [5.74, 6) is 1.11. The second-order valence-corrected chi connectivity index (χ2v) is 4.64. The third-order valence-electron chi connectivity index (χ3n) is 3.28. The quantitative estimate of drug-likeness (QED) is 0.823. The molecule has 18 heavy (non-hydrogen) atoms. The minimum Gasteiger partial charge on any atom is -0.393 e. The Morgan fingerprint density at radius 1 is 1.50 bits per heavy atom. The molecule has 1 fully saturated rings. The number of aryl methyl sites for hydroxylation is 1. The van der Waals surface area contributed by atoms with Gasteiger partial charge in [0.1, 0.15) is 17.5 Å². The molecule has 98 valence electrons. The highest BCUT2D eigenvalue weighted by Crippen LogP contribution is 2.27. The Morgan fingerprint density at radius 3 is 2.72 bits per heavy atom. The summed E-state index contributed by atoms with van der Waals surface area (Å²) in [4.78, 5) is 2.04. The van der Waals surface area contributed by atoms with Crippen molar-refractivity contribution in [2.75, 3.05) is 23.7 Å². The fourth-order valence-corrected chi connectivity index (χ4v) is 2.25. The van der Waals surface area contributed by atoms with Crippen LogP contribution in [0.25, 0.3) is 0 Å². The Labute approximate surface area is 107 Å². The van der Waals surface area contributed by atoms with Crippen molar-refractivity contribution in [1.82, 2.24) is 9.78 Å². The maximum absolute atomic E-state index is 9.50. The number of rotatable bonds is 3. The van der Waals surface area contributed by atoms with Gasteiger partial charge in [-0.15, -0.1) is 0 Å². The van der Waals surface area contributed by atoms with Gasteiger partial charge in [-0.25, -0.2) is 4.68 Å². The monoisotopic (exact) mass is 249 g/mol. The van der Waals surface area contributed by atoms with Crippen LogP contribution >= 0.6 is 0 Å². The van der Waals surface area contributed by atoms with Gasteiger partial charge in [0.25, 0.3) is 0 Å². The molecule has 3 N–H and O–H groups in total. The Hall–Kier alpha value is -1.74. The number of aliphatic hydroxyl groups is 1. The van der Waals surface area contributed by atoms with Gasteiger partial charge in [0.15, 0.2) is 5.82 Å². The van der Waals surface area contributed by atoms with Gasteiger partial charge in [-0.2, -0.15) is 10.4 Å². The molecule has 6 heteroatoms. The SMILES string of the molecule is CCCn1nc(N2CCC(O)CC2)c(C#N)c1N. The molecule has 0 spiro atoms. The number of anilines is 2. The average molecular weight is 249 g/mol. The number of hydrogen-bond donors (Lipinski definition) is 2. The zero-order chi connectivity index (χ0) is 13.1. The average Bonchev–Trinajstić information content (AvgIpc) is 2.68. The smallest absolute Gasteiger partial charge is 0.170 e. The van der Waals surface area contributed by atoms with Crippen LogP contribution in [0.5, 0.6) is 0 Å². The molecular weight excluding hydrogens is 230 g/mol. The van der Waals surface area contributed by atoms with Crippen molar-refractivity contribution >= 4 is 11.6 Å². The van der Waals surface area contributed by atoms with Crippen molar-refractivity contribution in [3.63, 3.8) is 0 Å². The Kier molecular flexibility index (Phi) is 3.72. The molecule has 0 atom stereocenters. The molecule has 1 aliphatic rings. The van der Waals surface area contributed by atoms with Crippen molar-refractivity contribution in [1.29, 1.82) is 5.26 Å². The Balaban J connectivity index is 2.27. The largest absolute Gasteiger partial charge is 0.393 e. The van der Waals surface area contributed by atoms with Crippen LogP contribution in [-0.2, 0) is 6.54 Å². The van der Waals surface area contributed by atoms with Crippen molar-refractivity contribution in [2.24, 2.45) is 0 Å². The van der Waals surface area contributed by atoms with E-state index in [-0.39, 0.29) is 6.10 Å². The van der Waals surface area contributed by atoms with E-state index >= 15 is 0 Å². The lowest BCUT2D eigenvalue weighted by Gasteiger charge is -2.29. The molecule has 2 rings (SSSR count). The van der Waals surface area contributed by atoms with E-state index < -0.39 is 0 Å². The van der Waals surface area contributed by atoms with E-state index in [4.69, 9.17) is 5.73 Å². The molecule has 1 aromatic heterocycles. The van der Waals surface area contributed by atoms with Gasteiger partial charge in [-0.1, -0.05) is 6.92 Å². The van der Waals surface area contributed by atoms with Gasteiger partial charge in [0.2, 0.25) is 0 Å². The summed E-state index contributed by atoms with van der Waals surface area (Å²) in [5.41, 5.74) is 6.39. The van der Waals surface area contributed by atoms with E-state index in [0.717, 1.165) is 26.1 Å². The molecule has 0 unspecified atom stereocenters. The number of nitriles is 1. The maximum atomic E-state index is 9.50. The van der Waals surface area contributed by atoms with Gasteiger partial charge >= 0.3 is 0 Å². The molecule has 0 aliphatic carbocycles. The summed E-state index contributed by atoms with van der Waals surface area (Å²) in [7, 11) is 0. The van der Waals surface area contributed by atoms with Crippen molar-refractivity contribution < 1.29 is 5.11 Å². The normalized spacial score (nSPS) is 16.8. The van der Waals surface area contributed by atoms with E-state index in [0.29, 0.717) is 30.0 Å². The first-order valence-corrected chi connectivity index (χ1v) is 6.36. The predicted octanol–water partition coefficient (Wildman–Crippen LogP) is 0.708. The summed E-state index contributed by atoms with van der Waals surface area (Å²) in [5, 5.41) is 23.1. The highest BCUT2D eigenvalue weighted by atomic mass is 16.3. The lowest BCUT2D eigenvalue weighted by Crippen LogP contribution is -2.36. The fraction of sp³-hybridized carbons (Fsp3) is 0.667. The zero-order valence-electron chi connectivity index (χ0n) is 10.6. The van der Waals surface area contributed by atoms with E-state index in [9.17, 15) is 10.4 Å². The van der Waals surface area contributed by atoms with E-state index in [1.807, 2.05) is 11.8 Å². The second kappa shape index (κ2) is 5.27. The van der Waals surface area contributed by atoms with Crippen LogP contribution in [0.15, 0.2) is 0 Å². The summed E-state index contributed by atoms with van der Waals surface area (Å²) in [6, 6.07) is 2.14. The lowest BCUT2D eigenvalue weighted by molar-refractivity contribution is 0.145. The highest BCUT2D eigenvalue weighted by molar-refractivity contribution is 5.65. The molecule has 0 saturated carbocycles. The number of nitrogens with two attached hydrogens (primary N) is 1. The van der Waals surface area contributed by atoms with Gasteiger partial charge in [-0.05, 0) is 19.3 Å². The third-order valence-corrected chi connectivity index (χ3v) is 3.28. The maximum Gasteiger partial charge on any atom is 0.170 e. The van der Waals surface area contributed by atoms with Gasteiger partial charge < -0.3 is 15.7 Å².